The Bertz CT molecular complexity index is 1190. The predicted molar refractivity (Wildman–Crippen MR) is 125 cm³/mol. The molecular formula is C22H21FN4O4S2. The van der Waals surface area contributed by atoms with Gasteiger partial charge in [0.25, 0.3) is 6.47 Å². The van der Waals surface area contributed by atoms with Crippen LogP contribution in [0.2, 0.25) is 0 Å². The van der Waals surface area contributed by atoms with E-state index in [1.54, 1.807) is 11.9 Å². The second-order valence-corrected chi connectivity index (χ2v) is 8.69. The number of anilines is 2. The molecule has 11 heteroatoms. The molecule has 1 aromatic heterocycles. The molecule has 3 aromatic rings. The summed E-state index contributed by atoms with van der Waals surface area (Å²) in [4.78, 5) is 16.5. The Morgan fingerprint density at radius 3 is 2.88 bits per heavy atom. The zero-order valence-corrected chi connectivity index (χ0v) is 19.5. The fourth-order valence-corrected chi connectivity index (χ4v) is 4.48. The molecule has 3 rings (SSSR count). The summed E-state index contributed by atoms with van der Waals surface area (Å²) < 4.78 is 39.0. The van der Waals surface area contributed by atoms with E-state index >= 15 is 0 Å². The van der Waals surface area contributed by atoms with Gasteiger partial charge in [-0.3, -0.25) is 9.52 Å². The highest BCUT2D eigenvalue weighted by Gasteiger charge is 2.23. The summed E-state index contributed by atoms with van der Waals surface area (Å²) in [6.07, 6.45) is 1.64. The number of aliphatic hydroxyl groups excluding tert-OH is 1. The summed E-state index contributed by atoms with van der Waals surface area (Å²) in [5.74, 6) is 5.25. The maximum Gasteiger partial charge on any atom is 0.298 e. The highest BCUT2D eigenvalue weighted by molar-refractivity contribution is 7.86. The van der Waals surface area contributed by atoms with E-state index in [-0.39, 0.29) is 34.9 Å². The lowest BCUT2D eigenvalue weighted by Crippen LogP contribution is -2.23. The van der Waals surface area contributed by atoms with Crippen LogP contribution in [0.25, 0.3) is 0 Å². The Balaban J connectivity index is 1.95. The number of carbonyl (C=O) groups is 1. The third-order valence-electron chi connectivity index (χ3n) is 4.76. The minimum atomic E-state index is -1.99. The molecule has 0 radical (unpaired) electrons. The normalized spacial score (nSPS) is 12.2. The van der Waals surface area contributed by atoms with Gasteiger partial charge in [-0.2, -0.15) is 4.37 Å². The second-order valence-electron chi connectivity index (χ2n) is 6.73. The van der Waals surface area contributed by atoms with Crippen LogP contribution in [0.4, 0.5) is 15.2 Å². The number of nitrogens with zero attached hydrogens (tertiary/aromatic N) is 3. The standard InChI is InChI=1S/C22H21FN4O4S2/c1-15(17-9-4-3-7-16(17)8-5-6-10-28)27(2)19-11-18(23)21(12-20(19)31-14-29)33(30)26-22-24-13-25-32-22/h3-4,7,9,11-15,28H,6,10H2,1-2H3,(H,24,25,26)/t15-,33?/m1/s1. The lowest BCUT2D eigenvalue weighted by Gasteiger charge is -2.29. The summed E-state index contributed by atoms with van der Waals surface area (Å²) in [5.41, 5.74) is 1.93. The molecule has 2 atom stereocenters. The van der Waals surface area contributed by atoms with Gasteiger partial charge in [0, 0.05) is 42.7 Å². The van der Waals surface area contributed by atoms with Crippen molar-refractivity contribution in [1.29, 1.82) is 0 Å². The maximum absolute atomic E-state index is 15.0. The summed E-state index contributed by atoms with van der Waals surface area (Å²) in [6, 6.07) is 9.59. The topological polar surface area (TPSA) is 105 Å². The van der Waals surface area contributed by atoms with Crippen LogP contribution in [-0.4, -0.2) is 38.8 Å². The molecule has 0 bridgehead atoms. The molecule has 0 saturated heterocycles. The third-order valence-corrected chi connectivity index (χ3v) is 6.56. The molecular weight excluding hydrogens is 467 g/mol. The Hall–Kier alpha value is -3.33. The molecule has 0 amide bonds. The first kappa shape index (κ1) is 24.3. The molecule has 2 aromatic carbocycles. The number of carbonyl (C=O) groups excluding carboxylic acids is 1. The molecule has 0 fully saturated rings. The lowest BCUT2D eigenvalue weighted by molar-refractivity contribution is -0.120. The molecule has 0 spiro atoms. The molecule has 8 nitrogen and oxygen atoms in total. The number of aliphatic hydroxyl groups is 1. The van der Waals surface area contributed by atoms with Crippen LogP contribution in [-0.2, 0) is 15.8 Å². The quantitative estimate of drug-likeness (QED) is 0.352. The number of nitrogens with one attached hydrogen (secondary N) is 1. The molecule has 0 aliphatic carbocycles. The van der Waals surface area contributed by atoms with Crippen molar-refractivity contribution >= 4 is 39.8 Å². The molecule has 0 saturated carbocycles. The van der Waals surface area contributed by atoms with Gasteiger partial charge in [-0.25, -0.2) is 13.6 Å². The number of hydrogen-bond donors (Lipinski definition) is 2. The number of rotatable bonds is 9. The fourth-order valence-electron chi connectivity index (χ4n) is 3.05. The number of aromatic nitrogens is 2. The SMILES string of the molecule is C[C@H](c1ccccc1C#CCCO)N(C)c1cc(F)c(S(=O)Nc2ncns2)cc1OC=O. The van der Waals surface area contributed by atoms with Crippen molar-refractivity contribution in [3.63, 3.8) is 0 Å². The van der Waals surface area contributed by atoms with Crippen molar-refractivity contribution in [1.82, 2.24) is 9.36 Å². The molecule has 0 aliphatic rings. The smallest absolute Gasteiger partial charge is 0.298 e. The van der Waals surface area contributed by atoms with Gasteiger partial charge < -0.3 is 14.7 Å². The minimum absolute atomic E-state index is 0.0298. The lowest BCUT2D eigenvalue weighted by atomic mass is 10.00. The highest BCUT2D eigenvalue weighted by atomic mass is 32.2. The summed E-state index contributed by atoms with van der Waals surface area (Å²) >= 11 is 0.976. The molecule has 0 aliphatic heterocycles. The summed E-state index contributed by atoms with van der Waals surface area (Å²) in [6.45, 7) is 2.10. The zero-order chi connectivity index (χ0) is 23.8. The van der Waals surface area contributed by atoms with Crippen LogP contribution < -0.4 is 14.4 Å². The molecule has 2 N–H and O–H groups in total. The zero-order valence-electron chi connectivity index (χ0n) is 17.8. The Morgan fingerprint density at radius 2 is 2.18 bits per heavy atom. The van der Waals surface area contributed by atoms with Gasteiger partial charge >= 0.3 is 0 Å². The second kappa shape index (κ2) is 11.5. The summed E-state index contributed by atoms with van der Waals surface area (Å²) in [7, 11) is -0.258. The minimum Gasteiger partial charge on any atom is -0.426 e. The van der Waals surface area contributed by atoms with E-state index in [4.69, 9.17) is 9.84 Å². The van der Waals surface area contributed by atoms with Crippen molar-refractivity contribution in [2.75, 3.05) is 23.3 Å². The Morgan fingerprint density at radius 1 is 1.39 bits per heavy atom. The van der Waals surface area contributed by atoms with Crippen molar-refractivity contribution in [2.45, 2.75) is 24.3 Å². The fraction of sp³-hybridized carbons (Fsp3) is 0.227. The van der Waals surface area contributed by atoms with Gasteiger partial charge in [0.05, 0.1) is 23.2 Å². The number of ether oxygens (including phenoxy) is 1. The van der Waals surface area contributed by atoms with E-state index in [9.17, 15) is 13.4 Å². The van der Waals surface area contributed by atoms with Crippen molar-refractivity contribution in [3.05, 3.63) is 59.7 Å². The monoisotopic (exact) mass is 488 g/mol. The van der Waals surface area contributed by atoms with Crippen LogP contribution in [0.1, 0.15) is 30.5 Å². The maximum atomic E-state index is 15.0. The largest absolute Gasteiger partial charge is 0.426 e. The van der Waals surface area contributed by atoms with Crippen molar-refractivity contribution < 1.29 is 23.2 Å². The van der Waals surface area contributed by atoms with Gasteiger partial charge in [0.15, 0.2) is 16.7 Å². The van der Waals surface area contributed by atoms with Crippen molar-refractivity contribution in [2.24, 2.45) is 0 Å². The van der Waals surface area contributed by atoms with Crippen molar-refractivity contribution in [3.8, 4) is 17.6 Å². The predicted octanol–water partition coefficient (Wildman–Crippen LogP) is 3.28. The molecule has 1 unspecified atom stereocenters. The number of benzene rings is 2. The van der Waals surface area contributed by atoms with E-state index in [1.165, 1.54) is 18.5 Å². The Kier molecular flexibility index (Phi) is 8.48. The van der Waals surface area contributed by atoms with Crippen LogP contribution >= 0.6 is 11.5 Å². The third kappa shape index (κ3) is 5.92. The average Bonchev–Trinajstić information content (AvgIpc) is 3.32. The van der Waals surface area contributed by atoms with Crippen LogP contribution in [0.5, 0.6) is 5.75 Å². The van der Waals surface area contributed by atoms with E-state index in [0.717, 1.165) is 22.7 Å². The first-order valence-corrected chi connectivity index (χ1v) is 11.7. The van der Waals surface area contributed by atoms with Gasteiger partial charge in [0.2, 0.25) is 5.13 Å². The number of hydrogen-bond acceptors (Lipinski definition) is 8. The van der Waals surface area contributed by atoms with E-state index in [0.29, 0.717) is 12.1 Å². The summed E-state index contributed by atoms with van der Waals surface area (Å²) in [5, 5.41) is 9.24. The van der Waals surface area contributed by atoms with E-state index in [1.807, 2.05) is 31.2 Å². The molecule has 33 heavy (non-hydrogen) atoms. The van der Waals surface area contributed by atoms with Crippen LogP contribution in [0, 0.1) is 17.7 Å². The van der Waals surface area contributed by atoms with Gasteiger partial charge in [-0.15, -0.1) is 0 Å². The van der Waals surface area contributed by atoms with Gasteiger partial charge in [0.1, 0.15) is 12.1 Å². The Labute approximate surface area is 197 Å². The molecule has 1 heterocycles. The molecule has 172 valence electrons. The van der Waals surface area contributed by atoms with Gasteiger partial charge in [-0.05, 0) is 18.6 Å². The van der Waals surface area contributed by atoms with Crippen LogP contribution in [0.15, 0.2) is 47.6 Å². The van der Waals surface area contributed by atoms with E-state index in [2.05, 4.69) is 25.9 Å². The first-order valence-electron chi connectivity index (χ1n) is 9.76. The highest BCUT2D eigenvalue weighted by Crippen LogP contribution is 2.37. The number of halogens is 1. The van der Waals surface area contributed by atoms with Gasteiger partial charge in [-0.1, -0.05) is 30.0 Å². The average molecular weight is 489 g/mol. The van der Waals surface area contributed by atoms with E-state index < -0.39 is 16.8 Å². The first-order chi connectivity index (χ1) is 16.0. The van der Waals surface area contributed by atoms with Crippen LogP contribution in [0.3, 0.4) is 0 Å².